The van der Waals surface area contributed by atoms with E-state index in [2.05, 4.69) is 10.4 Å². The van der Waals surface area contributed by atoms with Crippen LogP contribution in [0.4, 0.5) is 18.9 Å². The number of hydrazine groups is 1. The average Bonchev–Trinajstić information content (AvgIpc) is 2.34. The number of aromatic nitrogens is 1. The number of nitrogens with two attached hydrogens (primary N) is 1. The van der Waals surface area contributed by atoms with Gasteiger partial charge in [-0.25, -0.2) is 18.2 Å². The summed E-state index contributed by atoms with van der Waals surface area (Å²) in [7, 11) is 0. The first kappa shape index (κ1) is 13.2. The lowest BCUT2D eigenvalue weighted by molar-refractivity contribution is 0.146. The second kappa shape index (κ2) is 4.79. The summed E-state index contributed by atoms with van der Waals surface area (Å²) >= 11 is 11.3. The number of benzene rings is 1. The molecular weight excluding hydrogens is 290 g/mol. The van der Waals surface area contributed by atoms with Gasteiger partial charge in [-0.3, -0.25) is 5.84 Å². The number of anilines is 1. The minimum Gasteiger partial charge on any atom is -0.323 e. The van der Waals surface area contributed by atoms with Gasteiger partial charge >= 0.3 is 0 Å². The zero-order valence-corrected chi connectivity index (χ0v) is 10.2. The molecule has 0 atom stereocenters. The maximum Gasteiger partial charge on any atom is 0.280 e. The monoisotopic (exact) mass is 295 g/mol. The van der Waals surface area contributed by atoms with E-state index in [4.69, 9.17) is 29.0 Å². The fraction of sp³-hybridized carbons (Fsp3) is 0.100. The van der Waals surface area contributed by atoms with Crippen molar-refractivity contribution in [2.75, 3.05) is 5.43 Å². The number of alkyl halides is 2. The van der Waals surface area contributed by atoms with Crippen LogP contribution in [-0.4, -0.2) is 4.98 Å². The number of pyridine rings is 1. The van der Waals surface area contributed by atoms with E-state index >= 15 is 0 Å². The Hall–Kier alpha value is -1.24. The van der Waals surface area contributed by atoms with Gasteiger partial charge in [-0.1, -0.05) is 23.2 Å². The van der Waals surface area contributed by atoms with E-state index in [1.54, 1.807) is 0 Å². The SMILES string of the molecule is NNc1cc(C(F)F)nc2cc(Cl)c(F)c(Cl)c12. The van der Waals surface area contributed by atoms with Gasteiger partial charge in [0.1, 0.15) is 5.69 Å². The first-order valence-electron chi connectivity index (χ1n) is 4.68. The van der Waals surface area contributed by atoms with Crippen molar-refractivity contribution in [1.82, 2.24) is 4.98 Å². The molecule has 0 amide bonds. The van der Waals surface area contributed by atoms with Crippen LogP contribution in [0.2, 0.25) is 10.0 Å². The van der Waals surface area contributed by atoms with E-state index in [1.807, 2.05) is 0 Å². The first-order valence-corrected chi connectivity index (χ1v) is 5.44. The Balaban J connectivity index is 2.88. The molecule has 18 heavy (non-hydrogen) atoms. The van der Waals surface area contributed by atoms with Crippen LogP contribution < -0.4 is 11.3 Å². The molecule has 0 fully saturated rings. The van der Waals surface area contributed by atoms with Gasteiger partial charge in [0.15, 0.2) is 5.82 Å². The zero-order valence-electron chi connectivity index (χ0n) is 8.65. The first-order chi connectivity index (χ1) is 8.45. The summed E-state index contributed by atoms with van der Waals surface area (Å²) in [6, 6.07) is 2.12. The Bertz CT molecular complexity index is 619. The van der Waals surface area contributed by atoms with Gasteiger partial charge in [0.2, 0.25) is 0 Å². The highest BCUT2D eigenvalue weighted by atomic mass is 35.5. The molecule has 0 unspecified atom stereocenters. The lowest BCUT2D eigenvalue weighted by Gasteiger charge is -2.11. The van der Waals surface area contributed by atoms with Gasteiger partial charge < -0.3 is 5.43 Å². The highest BCUT2D eigenvalue weighted by molar-refractivity contribution is 6.39. The quantitative estimate of drug-likeness (QED) is 0.502. The Morgan fingerprint density at radius 2 is 1.94 bits per heavy atom. The van der Waals surface area contributed by atoms with Gasteiger partial charge in [0, 0.05) is 5.39 Å². The molecule has 96 valence electrons. The standard InChI is InChI=1S/C10H6Cl2F3N3/c11-3-1-4-7(8(12)9(3)13)5(18-16)2-6(17-4)10(14)15/h1-2,10H,16H2,(H,17,18). The predicted octanol–water partition coefficient (Wildman–Crippen LogP) is 3.90. The molecule has 0 bridgehead atoms. The number of nitrogen functional groups attached to an aromatic ring is 1. The molecule has 8 heteroatoms. The fourth-order valence-electron chi connectivity index (χ4n) is 1.54. The largest absolute Gasteiger partial charge is 0.323 e. The van der Waals surface area contributed by atoms with Crippen molar-refractivity contribution in [3.05, 3.63) is 33.7 Å². The average molecular weight is 296 g/mol. The number of nitrogens with one attached hydrogen (secondary N) is 1. The van der Waals surface area contributed by atoms with Crippen LogP contribution in [0.1, 0.15) is 12.1 Å². The highest BCUT2D eigenvalue weighted by Gasteiger charge is 2.18. The van der Waals surface area contributed by atoms with Crippen molar-refractivity contribution >= 4 is 39.8 Å². The molecule has 2 rings (SSSR count). The van der Waals surface area contributed by atoms with E-state index in [0.29, 0.717) is 0 Å². The molecular formula is C10H6Cl2F3N3. The summed E-state index contributed by atoms with van der Waals surface area (Å²) in [5.41, 5.74) is 1.77. The molecule has 3 N–H and O–H groups in total. The molecule has 1 aromatic carbocycles. The number of rotatable bonds is 2. The van der Waals surface area contributed by atoms with Crippen molar-refractivity contribution in [3.8, 4) is 0 Å². The van der Waals surface area contributed by atoms with Crippen molar-refractivity contribution < 1.29 is 13.2 Å². The molecule has 0 saturated carbocycles. The van der Waals surface area contributed by atoms with Crippen molar-refractivity contribution in [2.24, 2.45) is 5.84 Å². The molecule has 1 heterocycles. The van der Waals surface area contributed by atoms with E-state index in [0.717, 1.165) is 12.1 Å². The maximum atomic E-state index is 13.5. The Labute approximate surface area is 110 Å². The summed E-state index contributed by atoms with van der Waals surface area (Å²) in [5.74, 6) is 4.35. The number of fused-ring (bicyclic) bond motifs is 1. The zero-order chi connectivity index (χ0) is 13.4. The van der Waals surface area contributed by atoms with Crippen LogP contribution in [-0.2, 0) is 0 Å². The molecule has 0 aliphatic heterocycles. The van der Waals surface area contributed by atoms with Gasteiger partial charge in [0.25, 0.3) is 6.43 Å². The van der Waals surface area contributed by atoms with Gasteiger partial charge in [0.05, 0.1) is 21.2 Å². The number of hydrogen-bond acceptors (Lipinski definition) is 3. The second-order valence-electron chi connectivity index (χ2n) is 3.42. The van der Waals surface area contributed by atoms with Gasteiger partial charge in [-0.05, 0) is 12.1 Å². The lowest BCUT2D eigenvalue weighted by Crippen LogP contribution is -2.09. The van der Waals surface area contributed by atoms with Crippen LogP contribution in [0.5, 0.6) is 0 Å². The molecule has 3 nitrogen and oxygen atoms in total. The number of nitrogens with zero attached hydrogens (tertiary/aromatic N) is 1. The van der Waals surface area contributed by atoms with Gasteiger partial charge in [-0.15, -0.1) is 0 Å². The second-order valence-corrected chi connectivity index (χ2v) is 4.21. The molecule has 1 aromatic heterocycles. The summed E-state index contributed by atoms with van der Waals surface area (Å²) in [6.07, 6.45) is -2.79. The smallest absolute Gasteiger partial charge is 0.280 e. The minimum absolute atomic E-state index is 0.0390. The third-order valence-corrected chi connectivity index (χ3v) is 2.96. The third kappa shape index (κ3) is 2.07. The molecule has 0 aliphatic carbocycles. The maximum absolute atomic E-state index is 13.5. The van der Waals surface area contributed by atoms with Crippen molar-refractivity contribution in [3.63, 3.8) is 0 Å². The van der Waals surface area contributed by atoms with Gasteiger partial charge in [-0.2, -0.15) is 0 Å². The summed E-state index contributed by atoms with van der Waals surface area (Å²) in [5, 5.41) is -0.515. The molecule has 0 spiro atoms. The number of halogens is 5. The van der Waals surface area contributed by atoms with E-state index in [1.165, 1.54) is 0 Å². The Morgan fingerprint density at radius 3 is 2.50 bits per heavy atom. The van der Waals surface area contributed by atoms with Crippen LogP contribution in [0, 0.1) is 5.82 Å². The van der Waals surface area contributed by atoms with Crippen molar-refractivity contribution in [2.45, 2.75) is 6.43 Å². The summed E-state index contributed by atoms with van der Waals surface area (Å²) in [6.45, 7) is 0. The van der Waals surface area contributed by atoms with Crippen LogP contribution in [0.15, 0.2) is 12.1 Å². The molecule has 0 aliphatic rings. The third-order valence-electron chi connectivity index (χ3n) is 2.33. The lowest BCUT2D eigenvalue weighted by atomic mass is 10.1. The molecule has 0 saturated heterocycles. The fourth-order valence-corrected chi connectivity index (χ4v) is 2.09. The van der Waals surface area contributed by atoms with Crippen LogP contribution >= 0.6 is 23.2 Å². The van der Waals surface area contributed by atoms with E-state index in [9.17, 15) is 13.2 Å². The molecule has 0 radical (unpaired) electrons. The van der Waals surface area contributed by atoms with Crippen LogP contribution in [0.25, 0.3) is 10.9 Å². The highest BCUT2D eigenvalue weighted by Crippen LogP contribution is 2.36. The van der Waals surface area contributed by atoms with Crippen LogP contribution in [0.3, 0.4) is 0 Å². The normalized spacial score (nSPS) is 11.3. The topological polar surface area (TPSA) is 50.9 Å². The Morgan fingerprint density at radius 1 is 1.28 bits per heavy atom. The Kier molecular flexibility index (Phi) is 3.52. The summed E-state index contributed by atoms with van der Waals surface area (Å²) in [4.78, 5) is 3.66. The van der Waals surface area contributed by atoms with E-state index < -0.39 is 17.9 Å². The number of hydrogen-bond donors (Lipinski definition) is 2. The predicted molar refractivity (Wildman–Crippen MR) is 64.5 cm³/mol. The molecule has 2 aromatic rings. The minimum atomic E-state index is -2.79. The summed E-state index contributed by atoms with van der Waals surface area (Å²) < 4.78 is 38.8. The van der Waals surface area contributed by atoms with Crippen molar-refractivity contribution in [1.29, 1.82) is 0 Å². The van der Waals surface area contributed by atoms with E-state index in [-0.39, 0.29) is 26.6 Å².